The van der Waals surface area contributed by atoms with E-state index < -0.39 is 11.7 Å². The lowest BCUT2D eigenvalue weighted by Crippen LogP contribution is -2.44. The SMILES string of the molecule is Cc1cc(F)ccc1Oc1ccccc1C1(O)CCN(C(=O)O)CC1. The van der Waals surface area contributed by atoms with Crippen LogP contribution in [0.5, 0.6) is 11.5 Å². The van der Waals surface area contributed by atoms with Crippen LogP contribution in [0.2, 0.25) is 0 Å². The molecule has 2 aromatic rings. The molecule has 1 amide bonds. The smallest absolute Gasteiger partial charge is 0.407 e. The molecule has 132 valence electrons. The van der Waals surface area contributed by atoms with Crippen molar-refractivity contribution in [1.29, 1.82) is 0 Å². The highest BCUT2D eigenvalue weighted by atomic mass is 19.1. The highest BCUT2D eigenvalue weighted by molar-refractivity contribution is 5.65. The topological polar surface area (TPSA) is 70.0 Å². The molecule has 1 saturated heterocycles. The van der Waals surface area contributed by atoms with E-state index in [1.807, 2.05) is 0 Å². The maximum Gasteiger partial charge on any atom is 0.407 e. The Morgan fingerprint density at radius 2 is 1.84 bits per heavy atom. The number of rotatable bonds is 3. The van der Waals surface area contributed by atoms with Crippen molar-refractivity contribution in [2.45, 2.75) is 25.4 Å². The van der Waals surface area contributed by atoms with Crippen LogP contribution >= 0.6 is 0 Å². The van der Waals surface area contributed by atoms with Gasteiger partial charge in [-0.1, -0.05) is 18.2 Å². The lowest BCUT2D eigenvalue weighted by atomic mass is 9.84. The second-order valence-corrected chi connectivity index (χ2v) is 6.31. The monoisotopic (exact) mass is 345 g/mol. The number of piperidine rings is 1. The summed E-state index contributed by atoms with van der Waals surface area (Å²) in [6.45, 7) is 2.27. The molecule has 1 aliphatic rings. The number of likely N-dealkylation sites (tertiary alicyclic amines) is 1. The minimum absolute atomic E-state index is 0.260. The molecule has 6 heteroatoms. The summed E-state index contributed by atoms with van der Waals surface area (Å²) in [5.74, 6) is 0.668. The number of para-hydroxylation sites is 1. The van der Waals surface area contributed by atoms with Crippen molar-refractivity contribution in [3.05, 3.63) is 59.4 Å². The van der Waals surface area contributed by atoms with Gasteiger partial charge >= 0.3 is 6.09 Å². The van der Waals surface area contributed by atoms with Crippen molar-refractivity contribution < 1.29 is 24.1 Å². The minimum atomic E-state index is -1.16. The zero-order chi connectivity index (χ0) is 18.0. The van der Waals surface area contributed by atoms with Gasteiger partial charge in [-0.3, -0.25) is 0 Å². The van der Waals surface area contributed by atoms with Gasteiger partial charge in [0.1, 0.15) is 17.3 Å². The van der Waals surface area contributed by atoms with Crippen molar-refractivity contribution in [2.75, 3.05) is 13.1 Å². The molecule has 0 spiro atoms. The zero-order valence-electron chi connectivity index (χ0n) is 13.9. The number of aliphatic hydroxyl groups is 1. The van der Waals surface area contributed by atoms with Crippen molar-refractivity contribution in [3.63, 3.8) is 0 Å². The highest BCUT2D eigenvalue weighted by Gasteiger charge is 2.37. The van der Waals surface area contributed by atoms with Gasteiger partial charge in [-0.25, -0.2) is 9.18 Å². The Hall–Kier alpha value is -2.60. The summed E-state index contributed by atoms with van der Waals surface area (Å²) in [4.78, 5) is 12.4. The molecule has 0 atom stereocenters. The predicted octanol–water partition coefficient (Wildman–Crippen LogP) is 3.89. The summed E-state index contributed by atoms with van der Waals surface area (Å²) in [6.07, 6.45) is -0.391. The fraction of sp³-hybridized carbons (Fsp3) is 0.316. The summed E-state index contributed by atoms with van der Waals surface area (Å²) in [5, 5.41) is 20.1. The van der Waals surface area contributed by atoms with Crippen molar-refractivity contribution in [3.8, 4) is 11.5 Å². The largest absolute Gasteiger partial charge is 0.465 e. The van der Waals surface area contributed by atoms with Gasteiger partial charge in [-0.15, -0.1) is 0 Å². The summed E-state index contributed by atoms with van der Waals surface area (Å²) in [5.41, 5.74) is 0.113. The van der Waals surface area contributed by atoms with E-state index >= 15 is 0 Å². The molecule has 1 aliphatic heterocycles. The Bertz CT molecular complexity index is 785. The van der Waals surface area contributed by atoms with Gasteiger partial charge in [0.25, 0.3) is 0 Å². The van der Waals surface area contributed by atoms with Crippen LogP contribution in [0.15, 0.2) is 42.5 Å². The molecule has 0 radical (unpaired) electrons. The van der Waals surface area contributed by atoms with Crippen molar-refractivity contribution >= 4 is 6.09 Å². The first kappa shape index (κ1) is 17.2. The lowest BCUT2D eigenvalue weighted by molar-refractivity contribution is -0.0225. The van der Waals surface area contributed by atoms with E-state index in [0.717, 1.165) is 0 Å². The number of nitrogens with zero attached hydrogens (tertiary/aromatic N) is 1. The fourth-order valence-corrected chi connectivity index (χ4v) is 3.12. The van der Waals surface area contributed by atoms with Gasteiger partial charge in [0.2, 0.25) is 0 Å². The third-order valence-electron chi connectivity index (χ3n) is 4.61. The van der Waals surface area contributed by atoms with Gasteiger partial charge in [0, 0.05) is 18.7 Å². The third kappa shape index (κ3) is 3.58. The van der Waals surface area contributed by atoms with Gasteiger partial charge in [-0.2, -0.15) is 0 Å². The van der Waals surface area contributed by atoms with E-state index in [1.165, 1.54) is 17.0 Å². The van der Waals surface area contributed by atoms with Crippen LogP contribution in [0.4, 0.5) is 9.18 Å². The summed E-state index contributed by atoms with van der Waals surface area (Å²) in [7, 11) is 0. The number of carboxylic acid groups (broad SMARTS) is 1. The Morgan fingerprint density at radius 1 is 1.16 bits per heavy atom. The molecular formula is C19H20FNO4. The molecule has 0 aliphatic carbocycles. The number of aryl methyl sites for hydroxylation is 1. The Kier molecular flexibility index (Phi) is 4.63. The maximum atomic E-state index is 13.3. The second-order valence-electron chi connectivity index (χ2n) is 6.31. The van der Waals surface area contributed by atoms with E-state index in [9.17, 15) is 14.3 Å². The standard InChI is InChI=1S/C19H20FNO4/c1-13-12-14(20)6-7-16(13)25-17-5-3-2-4-15(17)19(24)8-10-21(11-9-19)18(22)23/h2-7,12,24H,8-11H2,1H3,(H,22,23). The Morgan fingerprint density at radius 3 is 2.48 bits per heavy atom. The van der Waals surface area contributed by atoms with E-state index in [4.69, 9.17) is 9.84 Å². The molecule has 3 rings (SSSR count). The number of benzene rings is 2. The quantitative estimate of drug-likeness (QED) is 0.885. The summed E-state index contributed by atoms with van der Waals surface area (Å²) < 4.78 is 19.2. The van der Waals surface area contributed by atoms with Crippen molar-refractivity contribution in [2.24, 2.45) is 0 Å². The lowest BCUT2D eigenvalue weighted by Gasteiger charge is -2.38. The van der Waals surface area contributed by atoms with Crippen LogP contribution < -0.4 is 4.74 Å². The summed E-state index contributed by atoms with van der Waals surface area (Å²) >= 11 is 0. The van der Waals surface area contributed by atoms with Crippen LogP contribution in [0.1, 0.15) is 24.0 Å². The average Bonchev–Trinajstić information content (AvgIpc) is 2.58. The predicted molar refractivity (Wildman–Crippen MR) is 90.4 cm³/mol. The number of hydrogen-bond donors (Lipinski definition) is 2. The van der Waals surface area contributed by atoms with Crippen LogP contribution in [-0.4, -0.2) is 34.3 Å². The zero-order valence-corrected chi connectivity index (χ0v) is 13.9. The molecule has 0 saturated carbocycles. The van der Waals surface area contributed by atoms with E-state index in [-0.39, 0.29) is 18.9 Å². The number of carbonyl (C=O) groups is 1. The van der Waals surface area contributed by atoms with E-state index in [2.05, 4.69) is 0 Å². The molecule has 2 aromatic carbocycles. The fourth-order valence-electron chi connectivity index (χ4n) is 3.12. The molecule has 1 fully saturated rings. The first-order valence-electron chi connectivity index (χ1n) is 8.13. The number of halogens is 1. The second kappa shape index (κ2) is 6.72. The van der Waals surface area contributed by atoms with Crippen LogP contribution in [-0.2, 0) is 5.60 Å². The molecule has 25 heavy (non-hydrogen) atoms. The molecule has 5 nitrogen and oxygen atoms in total. The molecule has 0 aromatic heterocycles. The van der Waals surface area contributed by atoms with Crippen molar-refractivity contribution in [1.82, 2.24) is 4.90 Å². The van der Waals surface area contributed by atoms with Gasteiger partial charge in [0.05, 0.1) is 5.60 Å². The number of hydrogen-bond acceptors (Lipinski definition) is 3. The van der Waals surface area contributed by atoms with Crippen LogP contribution in [0.3, 0.4) is 0 Å². The van der Waals surface area contributed by atoms with Crippen LogP contribution in [0.25, 0.3) is 0 Å². The van der Waals surface area contributed by atoms with Gasteiger partial charge in [-0.05, 0) is 49.6 Å². The third-order valence-corrected chi connectivity index (χ3v) is 4.61. The number of amides is 1. The average molecular weight is 345 g/mol. The maximum absolute atomic E-state index is 13.3. The molecule has 0 unspecified atom stereocenters. The number of ether oxygens (including phenoxy) is 1. The molecular weight excluding hydrogens is 325 g/mol. The molecule has 0 bridgehead atoms. The highest BCUT2D eigenvalue weighted by Crippen LogP contribution is 2.40. The van der Waals surface area contributed by atoms with E-state index in [0.29, 0.717) is 35.5 Å². The first-order valence-corrected chi connectivity index (χ1v) is 8.13. The normalized spacial score (nSPS) is 16.5. The van der Waals surface area contributed by atoms with Gasteiger partial charge in [0.15, 0.2) is 0 Å². The first-order chi connectivity index (χ1) is 11.9. The van der Waals surface area contributed by atoms with Crippen LogP contribution in [0, 0.1) is 12.7 Å². The Labute approximate surface area is 145 Å². The molecule has 1 heterocycles. The minimum Gasteiger partial charge on any atom is -0.465 e. The van der Waals surface area contributed by atoms with Gasteiger partial charge < -0.3 is 19.8 Å². The Balaban J connectivity index is 1.87. The molecule has 2 N–H and O–H groups in total. The van der Waals surface area contributed by atoms with E-state index in [1.54, 1.807) is 37.3 Å². The summed E-state index contributed by atoms with van der Waals surface area (Å²) in [6, 6.07) is 11.4.